The van der Waals surface area contributed by atoms with Gasteiger partial charge in [0.15, 0.2) is 0 Å². The number of nitrogens with one attached hydrogen (secondary N) is 2. The van der Waals surface area contributed by atoms with Crippen molar-refractivity contribution in [3.05, 3.63) is 60.1 Å². The molecule has 0 aliphatic rings. The normalized spacial score (nSPS) is 9.89. The zero-order valence-electron chi connectivity index (χ0n) is 10.3. The third-order valence-electron chi connectivity index (χ3n) is 2.51. The molecule has 19 heavy (non-hydrogen) atoms. The minimum absolute atomic E-state index is 0.199. The summed E-state index contributed by atoms with van der Waals surface area (Å²) in [5.74, 6) is -0.730. The van der Waals surface area contributed by atoms with Gasteiger partial charge in [-0.05, 0) is 17.7 Å². The van der Waals surface area contributed by atoms with Crippen LogP contribution in [0.1, 0.15) is 11.3 Å². The van der Waals surface area contributed by atoms with E-state index in [1.807, 2.05) is 30.3 Å². The topological polar surface area (TPSA) is 71.3 Å². The van der Waals surface area contributed by atoms with Gasteiger partial charge in [0.1, 0.15) is 5.76 Å². The Labute approximate surface area is 110 Å². The van der Waals surface area contributed by atoms with E-state index >= 15 is 0 Å². The minimum atomic E-state index is -0.674. The molecule has 5 heteroatoms. The Morgan fingerprint density at radius 3 is 2.21 bits per heavy atom. The molecule has 5 nitrogen and oxygen atoms in total. The van der Waals surface area contributed by atoms with E-state index in [1.54, 1.807) is 12.1 Å². The number of rotatable bonds is 4. The molecular weight excluding hydrogens is 244 g/mol. The quantitative estimate of drug-likeness (QED) is 0.810. The van der Waals surface area contributed by atoms with E-state index in [2.05, 4.69) is 10.6 Å². The number of hydrogen-bond donors (Lipinski definition) is 2. The Hall–Kier alpha value is -2.56. The molecule has 0 bridgehead atoms. The molecule has 1 aromatic heterocycles. The molecule has 0 radical (unpaired) electrons. The zero-order valence-corrected chi connectivity index (χ0v) is 10.3. The Kier molecular flexibility index (Phi) is 4.34. The van der Waals surface area contributed by atoms with E-state index in [-0.39, 0.29) is 6.54 Å². The van der Waals surface area contributed by atoms with Gasteiger partial charge in [-0.2, -0.15) is 0 Å². The van der Waals surface area contributed by atoms with Gasteiger partial charge in [0.05, 0.1) is 12.8 Å². The summed E-state index contributed by atoms with van der Waals surface area (Å²) in [6.07, 6.45) is 1.51. The van der Waals surface area contributed by atoms with Crippen molar-refractivity contribution in [1.29, 1.82) is 0 Å². The van der Waals surface area contributed by atoms with Gasteiger partial charge >= 0.3 is 11.8 Å². The van der Waals surface area contributed by atoms with Crippen molar-refractivity contribution in [2.75, 3.05) is 0 Å². The van der Waals surface area contributed by atoms with Gasteiger partial charge in [-0.15, -0.1) is 0 Å². The van der Waals surface area contributed by atoms with Crippen molar-refractivity contribution in [2.45, 2.75) is 13.1 Å². The summed E-state index contributed by atoms with van der Waals surface area (Å²) in [6, 6.07) is 12.8. The second kappa shape index (κ2) is 6.39. The highest BCUT2D eigenvalue weighted by Crippen LogP contribution is 1.99. The Morgan fingerprint density at radius 2 is 1.58 bits per heavy atom. The third kappa shape index (κ3) is 3.99. The van der Waals surface area contributed by atoms with Crippen molar-refractivity contribution >= 4 is 11.8 Å². The Bertz CT molecular complexity index is 535. The molecule has 2 N–H and O–H groups in total. The number of benzene rings is 1. The van der Waals surface area contributed by atoms with Crippen LogP contribution in [0.5, 0.6) is 0 Å². The maximum Gasteiger partial charge on any atom is 0.309 e. The summed E-state index contributed by atoms with van der Waals surface area (Å²) < 4.78 is 5.05. The van der Waals surface area contributed by atoms with E-state index in [9.17, 15) is 9.59 Å². The van der Waals surface area contributed by atoms with Crippen molar-refractivity contribution < 1.29 is 14.0 Å². The summed E-state index contributed by atoms with van der Waals surface area (Å²) >= 11 is 0. The molecule has 2 aromatic rings. The van der Waals surface area contributed by atoms with Crippen molar-refractivity contribution in [1.82, 2.24) is 10.6 Å². The molecule has 0 fully saturated rings. The van der Waals surface area contributed by atoms with Crippen molar-refractivity contribution in [3.63, 3.8) is 0 Å². The van der Waals surface area contributed by atoms with Crippen LogP contribution in [-0.4, -0.2) is 11.8 Å². The SMILES string of the molecule is O=C(NCc1ccccc1)C(=O)NCc1ccco1. The average Bonchev–Trinajstić information content (AvgIpc) is 2.96. The van der Waals surface area contributed by atoms with Crippen LogP contribution in [0, 0.1) is 0 Å². The fourth-order valence-electron chi connectivity index (χ4n) is 1.52. The first-order chi connectivity index (χ1) is 9.25. The molecular formula is C14H14N2O3. The van der Waals surface area contributed by atoms with E-state index < -0.39 is 11.8 Å². The number of carbonyl (C=O) groups excluding carboxylic acids is 2. The van der Waals surface area contributed by atoms with Gasteiger partial charge in [0, 0.05) is 6.54 Å². The highest BCUT2D eigenvalue weighted by Gasteiger charge is 2.12. The molecule has 98 valence electrons. The second-order valence-electron chi connectivity index (χ2n) is 3.93. The molecule has 1 aromatic carbocycles. The summed E-state index contributed by atoms with van der Waals surface area (Å²) in [5.41, 5.74) is 0.940. The molecule has 1 heterocycles. The van der Waals surface area contributed by atoms with Crippen LogP contribution in [0.25, 0.3) is 0 Å². The summed E-state index contributed by atoms with van der Waals surface area (Å²) in [7, 11) is 0. The lowest BCUT2D eigenvalue weighted by atomic mass is 10.2. The smallest absolute Gasteiger partial charge is 0.309 e. The maximum absolute atomic E-state index is 11.5. The predicted molar refractivity (Wildman–Crippen MR) is 68.8 cm³/mol. The number of amides is 2. The average molecular weight is 258 g/mol. The fraction of sp³-hybridized carbons (Fsp3) is 0.143. The molecule has 0 aliphatic heterocycles. The van der Waals surface area contributed by atoms with Crippen molar-refractivity contribution in [2.24, 2.45) is 0 Å². The first kappa shape index (κ1) is 12.9. The van der Waals surface area contributed by atoms with Crippen LogP contribution in [0.2, 0.25) is 0 Å². The van der Waals surface area contributed by atoms with Gasteiger partial charge in [-0.1, -0.05) is 30.3 Å². The van der Waals surface area contributed by atoms with Gasteiger partial charge in [0.25, 0.3) is 0 Å². The standard InChI is InChI=1S/C14H14N2O3/c17-13(15-9-11-5-2-1-3-6-11)14(18)16-10-12-7-4-8-19-12/h1-8H,9-10H2,(H,15,17)(H,16,18). The van der Waals surface area contributed by atoms with Crippen LogP contribution in [0.15, 0.2) is 53.1 Å². The molecule has 0 spiro atoms. The van der Waals surface area contributed by atoms with Gasteiger partial charge in [0.2, 0.25) is 0 Å². The van der Waals surface area contributed by atoms with Crippen LogP contribution < -0.4 is 10.6 Å². The lowest BCUT2D eigenvalue weighted by Gasteiger charge is -2.05. The molecule has 0 saturated carbocycles. The minimum Gasteiger partial charge on any atom is -0.467 e. The molecule has 0 aliphatic carbocycles. The highest BCUT2D eigenvalue weighted by atomic mass is 16.3. The lowest BCUT2D eigenvalue weighted by molar-refractivity contribution is -0.139. The van der Waals surface area contributed by atoms with E-state index in [0.717, 1.165) is 5.56 Å². The summed E-state index contributed by atoms with van der Waals surface area (Å²) in [6.45, 7) is 0.526. The Morgan fingerprint density at radius 1 is 0.895 bits per heavy atom. The molecule has 0 atom stereocenters. The zero-order chi connectivity index (χ0) is 13.5. The predicted octanol–water partition coefficient (Wildman–Crippen LogP) is 1.21. The first-order valence-electron chi connectivity index (χ1n) is 5.88. The monoisotopic (exact) mass is 258 g/mol. The molecule has 0 unspecified atom stereocenters. The number of furan rings is 1. The van der Waals surface area contributed by atoms with Crippen LogP contribution >= 0.6 is 0 Å². The first-order valence-corrected chi connectivity index (χ1v) is 5.88. The molecule has 2 amide bonds. The van der Waals surface area contributed by atoms with E-state index in [4.69, 9.17) is 4.42 Å². The maximum atomic E-state index is 11.5. The molecule has 0 saturated heterocycles. The van der Waals surface area contributed by atoms with E-state index in [1.165, 1.54) is 6.26 Å². The second-order valence-corrected chi connectivity index (χ2v) is 3.93. The highest BCUT2D eigenvalue weighted by molar-refractivity contribution is 6.35. The van der Waals surface area contributed by atoms with Crippen LogP contribution in [-0.2, 0) is 22.7 Å². The van der Waals surface area contributed by atoms with Gasteiger partial charge in [-0.3, -0.25) is 9.59 Å². The third-order valence-corrected chi connectivity index (χ3v) is 2.51. The summed E-state index contributed by atoms with van der Waals surface area (Å²) in [5, 5.41) is 5.02. The lowest BCUT2D eigenvalue weighted by Crippen LogP contribution is -2.39. The number of carbonyl (C=O) groups is 2. The van der Waals surface area contributed by atoms with Crippen LogP contribution in [0.3, 0.4) is 0 Å². The largest absolute Gasteiger partial charge is 0.467 e. The van der Waals surface area contributed by atoms with Gasteiger partial charge < -0.3 is 15.1 Å². The van der Waals surface area contributed by atoms with Crippen molar-refractivity contribution in [3.8, 4) is 0 Å². The van der Waals surface area contributed by atoms with Gasteiger partial charge in [-0.25, -0.2) is 0 Å². The summed E-state index contributed by atoms with van der Waals surface area (Å²) in [4.78, 5) is 23.0. The Balaban J connectivity index is 1.75. The number of hydrogen-bond acceptors (Lipinski definition) is 3. The fourth-order valence-corrected chi connectivity index (χ4v) is 1.52. The van der Waals surface area contributed by atoms with Crippen LogP contribution in [0.4, 0.5) is 0 Å². The van der Waals surface area contributed by atoms with E-state index in [0.29, 0.717) is 12.3 Å². The molecule has 2 rings (SSSR count).